The third-order valence-corrected chi connectivity index (χ3v) is 3.40. The van der Waals surface area contributed by atoms with Crippen LogP contribution in [0, 0.1) is 0 Å². The summed E-state index contributed by atoms with van der Waals surface area (Å²) < 4.78 is 0. The molecule has 0 saturated carbocycles. The van der Waals surface area contributed by atoms with Gasteiger partial charge in [-0.3, -0.25) is 9.98 Å². The Bertz CT molecular complexity index is 584. The van der Waals surface area contributed by atoms with Crippen LogP contribution >= 0.6 is 11.6 Å². The van der Waals surface area contributed by atoms with Gasteiger partial charge >= 0.3 is 0 Å². The molecule has 0 fully saturated rings. The standard InChI is InChI=1S/C16H19ClN4/c17-15-7-2-1-5-13(15)8-11-20-16(18)21-12-9-14-6-3-4-10-19-14/h1-7,10H,8-9,11-12H2,(H3,18,20,21). The normalized spacial score (nSPS) is 11.4. The van der Waals surface area contributed by atoms with E-state index in [2.05, 4.69) is 15.3 Å². The molecule has 1 heterocycles. The van der Waals surface area contributed by atoms with Gasteiger partial charge in [-0.1, -0.05) is 35.9 Å². The van der Waals surface area contributed by atoms with Gasteiger partial charge in [-0.2, -0.15) is 0 Å². The number of aliphatic imine (C=N–C) groups is 1. The monoisotopic (exact) mass is 302 g/mol. The van der Waals surface area contributed by atoms with E-state index in [0.717, 1.165) is 29.1 Å². The van der Waals surface area contributed by atoms with E-state index in [-0.39, 0.29) is 0 Å². The average molecular weight is 303 g/mol. The van der Waals surface area contributed by atoms with Crippen LogP contribution in [0.5, 0.6) is 0 Å². The third-order valence-electron chi connectivity index (χ3n) is 3.03. The Kier molecular flexibility index (Phi) is 6.03. The number of guanidine groups is 1. The first-order valence-corrected chi connectivity index (χ1v) is 7.30. The number of hydrogen-bond acceptors (Lipinski definition) is 2. The van der Waals surface area contributed by atoms with Gasteiger partial charge in [0.15, 0.2) is 5.96 Å². The van der Waals surface area contributed by atoms with E-state index in [1.165, 1.54) is 0 Å². The van der Waals surface area contributed by atoms with Gasteiger partial charge in [0.1, 0.15) is 0 Å². The van der Waals surface area contributed by atoms with Crippen LogP contribution in [0.1, 0.15) is 11.3 Å². The predicted octanol–water partition coefficient (Wildman–Crippen LogP) is 2.42. The highest BCUT2D eigenvalue weighted by molar-refractivity contribution is 6.31. The summed E-state index contributed by atoms with van der Waals surface area (Å²) in [5.41, 5.74) is 7.95. The van der Waals surface area contributed by atoms with Crippen LogP contribution in [0.4, 0.5) is 0 Å². The zero-order valence-electron chi connectivity index (χ0n) is 11.8. The Labute approximate surface area is 130 Å². The predicted molar refractivity (Wildman–Crippen MR) is 87.6 cm³/mol. The minimum Gasteiger partial charge on any atom is -0.370 e. The van der Waals surface area contributed by atoms with Crippen molar-refractivity contribution in [1.82, 2.24) is 10.3 Å². The molecule has 0 amide bonds. The molecule has 2 aromatic rings. The highest BCUT2D eigenvalue weighted by Gasteiger charge is 1.99. The largest absolute Gasteiger partial charge is 0.370 e. The van der Waals surface area contributed by atoms with Crippen molar-refractivity contribution in [2.45, 2.75) is 12.8 Å². The van der Waals surface area contributed by atoms with Crippen LogP contribution < -0.4 is 11.1 Å². The molecule has 0 unspecified atom stereocenters. The van der Waals surface area contributed by atoms with Crippen molar-refractivity contribution in [2.75, 3.05) is 13.1 Å². The van der Waals surface area contributed by atoms with Crippen LogP contribution in [-0.4, -0.2) is 24.0 Å². The fourth-order valence-electron chi connectivity index (χ4n) is 1.92. The van der Waals surface area contributed by atoms with E-state index in [9.17, 15) is 0 Å². The number of aromatic nitrogens is 1. The summed E-state index contributed by atoms with van der Waals surface area (Å²) in [7, 11) is 0. The summed E-state index contributed by atoms with van der Waals surface area (Å²) in [5, 5.41) is 3.88. The molecule has 21 heavy (non-hydrogen) atoms. The van der Waals surface area contributed by atoms with Gasteiger partial charge in [0, 0.05) is 36.4 Å². The average Bonchev–Trinajstić information content (AvgIpc) is 2.50. The molecule has 0 bridgehead atoms. The second-order valence-electron chi connectivity index (χ2n) is 4.61. The Balaban J connectivity index is 1.70. The number of pyridine rings is 1. The first kappa shape index (κ1) is 15.3. The van der Waals surface area contributed by atoms with Gasteiger partial charge in [0.05, 0.1) is 0 Å². The summed E-state index contributed by atoms with van der Waals surface area (Å²) in [4.78, 5) is 8.53. The lowest BCUT2D eigenvalue weighted by molar-refractivity contribution is 0.840. The molecule has 4 nitrogen and oxygen atoms in total. The Morgan fingerprint density at radius 2 is 1.95 bits per heavy atom. The molecule has 0 saturated heterocycles. The lowest BCUT2D eigenvalue weighted by Crippen LogP contribution is -2.33. The van der Waals surface area contributed by atoms with E-state index in [1.54, 1.807) is 6.20 Å². The van der Waals surface area contributed by atoms with Gasteiger partial charge in [-0.25, -0.2) is 0 Å². The van der Waals surface area contributed by atoms with Crippen LogP contribution in [0.2, 0.25) is 5.02 Å². The molecular formula is C16H19ClN4. The van der Waals surface area contributed by atoms with Crippen molar-refractivity contribution >= 4 is 17.6 Å². The van der Waals surface area contributed by atoms with Gasteiger partial charge in [0.2, 0.25) is 0 Å². The van der Waals surface area contributed by atoms with Crippen LogP contribution in [0.3, 0.4) is 0 Å². The number of nitrogens with two attached hydrogens (primary N) is 1. The van der Waals surface area contributed by atoms with Crippen molar-refractivity contribution in [3.8, 4) is 0 Å². The zero-order chi connectivity index (χ0) is 14.9. The molecule has 5 heteroatoms. The first-order valence-electron chi connectivity index (χ1n) is 6.93. The van der Waals surface area contributed by atoms with Crippen LogP contribution in [0.25, 0.3) is 0 Å². The second-order valence-corrected chi connectivity index (χ2v) is 5.01. The summed E-state index contributed by atoms with van der Waals surface area (Å²) in [6.07, 6.45) is 3.38. The van der Waals surface area contributed by atoms with Crippen LogP contribution in [-0.2, 0) is 12.8 Å². The summed E-state index contributed by atoms with van der Waals surface area (Å²) in [5.74, 6) is 0.456. The smallest absolute Gasteiger partial charge is 0.188 e. The molecule has 0 aliphatic rings. The Morgan fingerprint density at radius 3 is 2.71 bits per heavy atom. The van der Waals surface area contributed by atoms with E-state index in [1.807, 2.05) is 42.5 Å². The lowest BCUT2D eigenvalue weighted by atomic mass is 10.1. The number of benzene rings is 1. The molecule has 3 N–H and O–H groups in total. The van der Waals surface area contributed by atoms with E-state index in [0.29, 0.717) is 19.0 Å². The molecule has 1 aromatic heterocycles. The van der Waals surface area contributed by atoms with Gasteiger partial charge in [-0.15, -0.1) is 0 Å². The molecule has 0 atom stereocenters. The summed E-state index contributed by atoms with van der Waals surface area (Å²) >= 11 is 6.09. The third kappa shape index (κ3) is 5.44. The Hall–Kier alpha value is -2.07. The zero-order valence-corrected chi connectivity index (χ0v) is 12.6. The maximum atomic E-state index is 6.09. The lowest BCUT2D eigenvalue weighted by Gasteiger charge is -2.07. The SMILES string of the molecule is NC(=NCCc1ccccn1)NCCc1ccccc1Cl. The highest BCUT2D eigenvalue weighted by atomic mass is 35.5. The van der Waals surface area contributed by atoms with Gasteiger partial charge in [0.25, 0.3) is 0 Å². The fourth-order valence-corrected chi connectivity index (χ4v) is 2.15. The van der Waals surface area contributed by atoms with E-state index >= 15 is 0 Å². The molecule has 0 spiro atoms. The highest BCUT2D eigenvalue weighted by Crippen LogP contribution is 2.14. The topological polar surface area (TPSA) is 63.3 Å². The molecule has 1 aromatic carbocycles. The molecular weight excluding hydrogens is 284 g/mol. The molecule has 2 rings (SSSR count). The minimum absolute atomic E-state index is 0.456. The number of rotatable bonds is 6. The second kappa shape index (κ2) is 8.27. The summed E-state index contributed by atoms with van der Waals surface area (Å²) in [6, 6.07) is 13.7. The summed E-state index contributed by atoms with van der Waals surface area (Å²) in [6.45, 7) is 1.34. The van der Waals surface area contributed by atoms with E-state index < -0.39 is 0 Å². The number of halogens is 1. The van der Waals surface area contributed by atoms with Crippen molar-refractivity contribution < 1.29 is 0 Å². The molecule has 110 valence electrons. The maximum Gasteiger partial charge on any atom is 0.188 e. The maximum absolute atomic E-state index is 6.09. The van der Waals surface area contributed by atoms with Gasteiger partial charge < -0.3 is 11.1 Å². The van der Waals surface area contributed by atoms with Crippen molar-refractivity contribution in [2.24, 2.45) is 10.7 Å². The van der Waals surface area contributed by atoms with E-state index in [4.69, 9.17) is 17.3 Å². The van der Waals surface area contributed by atoms with Crippen molar-refractivity contribution in [3.05, 3.63) is 64.9 Å². The van der Waals surface area contributed by atoms with Gasteiger partial charge in [-0.05, 0) is 30.2 Å². The fraction of sp³-hybridized carbons (Fsp3) is 0.250. The van der Waals surface area contributed by atoms with Crippen LogP contribution in [0.15, 0.2) is 53.7 Å². The number of nitrogens with one attached hydrogen (secondary N) is 1. The number of nitrogens with zero attached hydrogens (tertiary/aromatic N) is 2. The molecule has 0 radical (unpaired) electrons. The quantitative estimate of drug-likeness (QED) is 0.636. The Morgan fingerprint density at radius 1 is 1.14 bits per heavy atom. The van der Waals surface area contributed by atoms with Crippen molar-refractivity contribution in [3.63, 3.8) is 0 Å². The number of hydrogen-bond donors (Lipinski definition) is 2. The molecule has 0 aliphatic carbocycles. The molecule has 0 aliphatic heterocycles. The minimum atomic E-state index is 0.456. The van der Waals surface area contributed by atoms with Crippen molar-refractivity contribution in [1.29, 1.82) is 0 Å². The first-order chi connectivity index (χ1) is 10.3.